The average Bonchev–Trinajstić information content (AvgIpc) is 2.42. The van der Waals surface area contributed by atoms with Gasteiger partial charge in [0.05, 0.1) is 6.61 Å². The molecule has 0 saturated heterocycles. The van der Waals surface area contributed by atoms with E-state index in [-0.39, 0.29) is 0 Å². The molecule has 0 bridgehead atoms. The molecule has 0 rings (SSSR count). The highest BCUT2D eigenvalue weighted by atomic mass is 79.9. The van der Waals surface area contributed by atoms with Crippen molar-refractivity contribution in [1.82, 2.24) is 0 Å². The van der Waals surface area contributed by atoms with Gasteiger partial charge in [-0.25, -0.2) is 0 Å². The van der Waals surface area contributed by atoms with E-state index in [4.69, 9.17) is 4.74 Å². The molecule has 0 aliphatic carbocycles. The van der Waals surface area contributed by atoms with Crippen LogP contribution in [0.25, 0.3) is 0 Å². The standard InChI is InChI=1S/C17H35BrO/c1-4-7-8-9-10-11-14-19-16-17(15-18,12-5-2)13-6-3/h4-16H2,1-3H3. The van der Waals surface area contributed by atoms with Crippen LogP contribution in [0.5, 0.6) is 0 Å². The van der Waals surface area contributed by atoms with Gasteiger partial charge in [-0.05, 0) is 19.3 Å². The lowest BCUT2D eigenvalue weighted by Crippen LogP contribution is -2.29. The van der Waals surface area contributed by atoms with Gasteiger partial charge >= 0.3 is 0 Å². The summed E-state index contributed by atoms with van der Waals surface area (Å²) in [5.74, 6) is 0. The summed E-state index contributed by atoms with van der Waals surface area (Å²) in [6.45, 7) is 8.72. The fourth-order valence-corrected chi connectivity index (χ4v) is 3.50. The Kier molecular flexibility index (Phi) is 13.7. The average molecular weight is 335 g/mol. The van der Waals surface area contributed by atoms with Gasteiger partial charge in [0.2, 0.25) is 0 Å². The predicted octanol–water partition coefficient (Wildman–Crippen LogP) is 6.35. The minimum Gasteiger partial charge on any atom is -0.381 e. The first kappa shape index (κ1) is 19.4. The molecule has 0 N–H and O–H groups in total. The van der Waals surface area contributed by atoms with Crippen LogP contribution in [0, 0.1) is 5.41 Å². The summed E-state index contributed by atoms with van der Waals surface area (Å²) in [7, 11) is 0. The van der Waals surface area contributed by atoms with E-state index < -0.39 is 0 Å². The number of rotatable bonds is 14. The first-order valence-electron chi connectivity index (χ1n) is 8.38. The van der Waals surface area contributed by atoms with Crippen LogP contribution >= 0.6 is 15.9 Å². The van der Waals surface area contributed by atoms with Crippen molar-refractivity contribution >= 4 is 15.9 Å². The van der Waals surface area contributed by atoms with Crippen LogP contribution in [-0.2, 0) is 4.74 Å². The Balaban J connectivity index is 3.68. The van der Waals surface area contributed by atoms with Crippen molar-refractivity contribution in [2.24, 2.45) is 5.41 Å². The summed E-state index contributed by atoms with van der Waals surface area (Å²) in [4.78, 5) is 0. The summed E-state index contributed by atoms with van der Waals surface area (Å²) >= 11 is 3.71. The van der Waals surface area contributed by atoms with Gasteiger partial charge in [-0.2, -0.15) is 0 Å². The van der Waals surface area contributed by atoms with Crippen molar-refractivity contribution in [3.63, 3.8) is 0 Å². The molecule has 0 saturated carbocycles. The molecule has 0 unspecified atom stereocenters. The van der Waals surface area contributed by atoms with Crippen LogP contribution in [-0.4, -0.2) is 18.5 Å². The largest absolute Gasteiger partial charge is 0.381 e. The SMILES string of the molecule is CCCCCCCCOCC(CBr)(CCC)CCC. The summed E-state index contributed by atoms with van der Waals surface area (Å²) in [6, 6.07) is 0. The van der Waals surface area contributed by atoms with Gasteiger partial charge in [0.1, 0.15) is 0 Å². The Labute approximate surface area is 130 Å². The first-order chi connectivity index (χ1) is 9.24. The van der Waals surface area contributed by atoms with Gasteiger partial charge in [-0.3, -0.25) is 0 Å². The molecule has 0 aromatic heterocycles. The second kappa shape index (κ2) is 13.4. The van der Waals surface area contributed by atoms with E-state index >= 15 is 0 Å². The van der Waals surface area contributed by atoms with E-state index in [0.717, 1.165) is 18.5 Å². The van der Waals surface area contributed by atoms with E-state index in [2.05, 4.69) is 36.7 Å². The van der Waals surface area contributed by atoms with Crippen molar-refractivity contribution in [2.75, 3.05) is 18.5 Å². The monoisotopic (exact) mass is 334 g/mol. The molecule has 0 aromatic carbocycles. The zero-order chi connectivity index (χ0) is 14.4. The molecule has 0 aliphatic rings. The van der Waals surface area contributed by atoms with Gasteiger partial charge in [0, 0.05) is 17.4 Å². The molecule has 0 heterocycles. The third-order valence-corrected chi connectivity index (χ3v) is 5.08. The van der Waals surface area contributed by atoms with E-state index in [1.165, 1.54) is 64.2 Å². The molecule has 0 aromatic rings. The van der Waals surface area contributed by atoms with Crippen molar-refractivity contribution < 1.29 is 4.74 Å². The molecule has 0 fully saturated rings. The maximum Gasteiger partial charge on any atom is 0.0530 e. The van der Waals surface area contributed by atoms with Crippen LogP contribution in [0.15, 0.2) is 0 Å². The molecular formula is C17H35BrO. The highest BCUT2D eigenvalue weighted by Crippen LogP contribution is 2.32. The third-order valence-electron chi connectivity index (χ3n) is 3.89. The minimum absolute atomic E-state index is 0.381. The fourth-order valence-electron chi connectivity index (χ4n) is 2.78. The molecule has 19 heavy (non-hydrogen) atoms. The fraction of sp³-hybridized carbons (Fsp3) is 1.00. The van der Waals surface area contributed by atoms with E-state index in [1.807, 2.05) is 0 Å². The topological polar surface area (TPSA) is 9.23 Å². The van der Waals surface area contributed by atoms with Gasteiger partial charge in [0.15, 0.2) is 0 Å². The van der Waals surface area contributed by atoms with Crippen LogP contribution in [0.2, 0.25) is 0 Å². The molecular weight excluding hydrogens is 300 g/mol. The first-order valence-corrected chi connectivity index (χ1v) is 9.50. The highest BCUT2D eigenvalue weighted by Gasteiger charge is 2.27. The number of hydrogen-bond acceptors (Lipinski definition) is 1. The summed E-state index contributed by atoms with van der Waals surface area (Å²) in [6.07, 6.45) is 13.1. The van der Waals surface area contributed by atoms with E-state index in [9.17, 15) is 0 Å². The summed E-state index contributed by atoms with van der Waals surface area (Å²) < 4.78 is 5.97. The Morgan fingerprint density at radius 1 is 0.789 bits per heavy atom. The zero-order valence-corrected chi connectivity index (χ0v) is 15.1. The number of ether oxygens (including phenoxy) is 1. The normalized spacial score (nSPS) is 12.0. The number of alkyl halides is 1. The highest BCUT2D eigenvalue weighted by molar-refractivity contribution is 9.09. The molecule has 0 radical (unpaired) electrons. The van der Waals surface area contributed by atoms with Crippen LogP contribution in [0.3, 0.4) is 0 Å². The van der Waals surface area contributed by atoms with Gasteiger partial charge < -0.3 is 4.74 Å². The maximum absolute atomic E-state index is 5.97. The minimum atomic E-state index is 0.381. The summed E-state index contributed by atoms with van der Waals surface area (Å²) in [5, 5.41) is 1.08. The number of unbranched alkanes of at least 4 members (excludes halogenated alkanes) is 5. The molecule has 0 atom stereocenters. The molecule has 116 valence electrons. The Morgan fingerprint density at radius 2 is 1.37 bits per heavy atom. The Hall–Kier alpha value is 0.440. The van der Waals surface area contributed by atoms with Gasteiger partial charge in [-0.1, -0.05) is 81.6 Å². The Bertz CT molecular complexity index is 176. The maximum atomic E-state index is 5.97. The number of halogens is 1. The molecule has 2 heteroatoms. The molecule has 0 spiro atoms. The van der Waals surface area contributed by atoms with Gasteiger partial charge in [0.25, 0.3) is 0 Å². The lowest BCUT2D eigenvalue weighted by atomic mass is 9.82. The van der Waals surface area contributed by atoms with Crippen LogP contribution < -0.4 is 0 Å². The lowest BCUT2D eigenvalue weighted by molar-refractivity contribution is 0.0434. The Morgan fingerprint density at radius 3 is 1.89 bits per heavy atom. The smallest absolute Gasteiger partial charge is 0.0530 e. The van der Waals surface area contributed by atoms with Crippen molar-refractivity contribution in [3.05, 3.63) is 0 Å². The lowest BCUT2D eigenvalue weighted by Gasteiger charge is -2.31. The molecule has 0 amide bonds. The molecule has 0 aliphatic heterocycles. The summed E-state index contributed by atoms with van der Waals surface area (Å²) in [5.41, 5.74) is 0.381. The van der Waals surface area contributed by atoms with E-state index in [1.54, 1.807) is 0 Å². The second-order valence-electron chi connectivity index (χ2n) is 5.95. The van der Waals surface area contributed by atoms with Crippen LogP contribution in [0.1, 0.15) is 85.0 Å². The number of hydrogen-bond donors (Lipinski definition) is 0. The van der Waals surface area contributed by atoms with Crippen molar-refractivity contribution in [3.8, 4) is 0 Å². The van der Waals surface area contributed by atoms with Crippen molar-refractivity contribution in [1.29, 1.82) is 0 Å². The zero-order valence-electron chi connectivity index (χ0n) is 13.5. The van der Waals surface area contributed by atoms with E-state index in [0.29, 0.717) is 5.41 Å². The third kappa shape index (κ3) is 9.90. The quantitative estimate of drug-likeness (QED) is 0.266. The predicted molar refractivity (Wildman–Crippen MR) is 90.2 cm³/mol. The van der Waals surface area contributed by atoms with Crippen LogP contribution in [0.4, 0.5) is 0 Å². The van der Waals surface area contributed by atoms with Gasteiger partial charge in [-0.15, -0.1) is 0 Å². The molecule has 1 nitrogen and oxygen atoms in total. The van der Waals surface area contributed by atoms with Crippen molar-refractivity contribution in [2.45, 2.75) is 85.0 Å². The second-order valence-corrected chi connectivity index (χ2v) is 6.51.